The third kappa shape index (κ3) is 3.01. The minimum absolute atomic E-state index is 0.968. The van der Waals surface area contributed by atoms with E-state index in [1.807, 2.05) is 24.7 Å². The lowest BCUT2D eigenvalue weighted by Gasteiger charge is -1.76. The molecule has 64 valence electrons. The van der Waals surface area contributed by atoms with Crippen molar-refractivity contribution in [2.24, 2.45) is 7.05 Å². The zero-order valence-corrected chi connectivity index (χ0v) is 7.23. The first-order chi connectivity index (χ1) is 5.79. The van der Waals surface area contributed by atoms with Gasteiger partial charge in [0.1, 0.15) is 5.82 Å². The van der Waals surface area contributed by atoms with Gasteiger partial charge in [0.25, 0.3) is 0 Å². The summed E-state index contributed by atoms with van der Waals surface area (Å²) in [6, 6.07) is 0. The summed E-state index contributed by atoms with van der Waals surface area (Å²) in [6.45, 7) is 1.92. The number of nitrogens with zero attached hydrogens (tertiary/aromatic N) is 3. The Labute approximate surface area is 71.3 Å². The lowest BCUT2D eigenvalue weighted by molar-refractivity contribution is 0.913. The fraction of sp³-hybridized carbons (Fsp3) is 0.250. The van der Waals surface area contributed by atoms with E-state index in [2.05, 4.69) is 15.0 Å². The Balaban J connectivity index is 0.000000120. The molecule has 2 heterocycles. The molecule has 2 aromatic rings. The summed E-state index contributed by atoms with van der Waals surface area (Å²) >= 11 is 0. The van der Waals surface area contributed by atoms with E-state index >= 15 is 0 Å². The predicted octanol–water partition coefficient (Wildman–Crippen LogP) is 1.14. The second kappa shape index (κ2) is 4.33. The highest BCUT2D eigenvalue weighted by Gasteiger charge is 1.73. The van der Waals surface area contributed by atoms with Crippen LogP contribution in [0, 0.1) is 6.92 Å². The molecule has 0 atom stereocenters. The average Bonchev–Trinajstić information content (AvgIpc) is 2.63. The summed E-state index contributed by atoms with van der Waals surface area (Å²) in [5.74, 6) is 0.968. The van der Waals surface area contributed by atoms with Gasteiger partial charge in [-0.3, -0.25) is 0 Å². The van der Waals surface area contributed by atoms with Crippen LogP contribution in [-0.4, -0.2) is 19.5 Å². The van der Waals surface area contributed by atoms with E-state index in [9.17, 15) is 0 Å². The van der Waals surface area contributed by atoms with Crippen molar-refractivity contribution in [3.63, 3.8) is 0 Å². The summed E-state index contributed by atoms with van der Waals surface area (Å²) in [4.78, 5) is 10.5. The molecule has 0 saturated carbocycles. The lowest BCUT2D eigenvalue weighted by Crippen LogP contribution is -1.76. The van der Waals surface area contributed by atoms with Crippen LogP contribution in [0.4, 0.5) is 0 Å². The topological polar surface area (TPSA) is 46.5 Å². The average molecular weight is 164 g/mol. The molecular weight excluding hydrogens is 152 g/mol. The molecule has 4 heteroatoms. The van der Waals surface area contributed by atoms with Crippen molar-refractivity contribution in [2.75, 3.05) is 0 Å². The predicted molar refractivity (Wildman–Crippen MR) is 46.5 cm³/mol. The van der Waals surface area contributed by atoms with Crippen LogP contribution in [0.15, 0.2) is 31.1 Å². The van der Waals surface area contributed by atoms with Gasteiger partial charge < -0.3 is 9.55 Å². The molecule has 0 saturated heterocycles. The number of aromatic amines is 1. The highest BCUT2D eigenvalue weighted by Crippen LogP contribution is 1.78. The van der Waals surface area contributed by atoms with Crippen LogP contribution >= 0.6 is 0 Å². The standard InChI is InChI=1S/2C4H6N2/c1-6-3-2-5-4-6;1-4-5-2-3-6-4/h2-4H,1H3;2-3H,1H3,(H,5,6). The summed E-state index contributed by atoms with van der Waals surface area (Å²) < 4.78 is 1.89. The van der Waals surface area contributed by atoms with Crippen LogP contribution in [0.5, 0.6) is 0 Å². The number of H-pyrrole nitrogens is 1. The normalized spacial score (nSPS) is 8.83. The maximum atomic E-state index is 3.86. The molecule has 0 fully saturated rings. The monoisotopic (exact) mass is 164 g/mol. The van der Waals surface area contributed by atoms with Crippen LogP contribution in [0.25, 0.3) is 0 Å². The molecule has 0 aliphatic heterocycles. The van der Waals surface area contributed by atoms with Gasteiger partial charge in [0.15, 0.2) is 0 Å². The molecule has 0 radical (unpaired) electrons. The van der Waals surface area contributed by atoms with E-state index in [-0.39, 0.29) is 0 Å². The smallest absolute Gasteiger partial charge is 0.102 e. The molecule has 2 aromatic heterocycles. The number of nitrogens with one attached hydrogen (secondary N) is 1. The van der Waals surface area contributed by atoms with E-state index in [0.717, 1.165) is 5.82 Å². The molecule has 4 nitrogen and oxygen atoms in total. The Morgan fingerprint density at radius 2 is 2.25 bits per heavy atom. The zero-order chi connectivity index (χ0) is 8.81. The number of rotatable bonds is 0. The zero-order valence-electron chi connectivity index (χ0n) is 7.23. The number of hydrogen-bond acceptors (Lipinski definition) is 2. The number of aryl methyl sites for hydroxylation is 2. The summed E-state index contributed by atoms with van der Waals surface area (Å²) in [7, 11) is 1.94. The van der Waals surface area contributed by atoms with Crippen molar-refractivity contribution < 1.29 is 0 Å². The molecule has 0 spiro atoms. The number of hydrogen-bond donors (Lipinski definition) is 1. The minimum Gasteiger partial charge on any atom is -0.349 e. The highest BCUT2D eigenvalue weighted by atomic mass is 15.0. The Morgan fingerprint density at radius 3 is 2.42 bits per heavy atom. The van der Waals surface area contributed by atoms with Gasteiger partial charge in [0.05, 0.1) is 6.33 Å². The summed E-state index contributed by atoms with van der Waals surface area (Å²) in [6.07, 6.45) is 8.92. The number of imidazole rings is 2. The van der Waals surface area contributed by atoms with Crippen LogP contribution < -0.4 is 0 Å². The molecule has 0 amide bonds. The van der Waals surface area contributed by atoms with Crippen molar-refractivity contribution in [1.29, 1.82) is 0 Å². The van der Waals surface area contributed by atoms with Crippen molar-refractivity contribution in [3.05, 3.63) is 36.9 Å². The van der Waals surface area contributed by atoms with Gasteiger partial charge in [0, 0.05) is 31.8 Å². The first-order valence-electron chi connectivity index (χ1n) is 3.67. The maximum absolute atomic E-state index is 3.86. The molecule has 0 aliphatic rings. The third-order valence-electron chi connectivity index (χ3n) is 1.27. The van der Waals surface area contributed by atoms with Crippen LogP contribution in [-0.2, 0) is 7.05 Å². The van der Waals surface area contributed by atoms with Gasteiger partial charge in [-0.2, -0.15) is 0 Å². The molecule has 0 aliphatic carbocycles. The minimum atomic E-state index is 0.968. The van der Waals surface area contributed by atoms with Gasteiger partial charge in [-0.15, -0.1) is 0 Å². The summed E-state index contributed by atoms with van der Waals surface area (Å²) in [5, 5.41) is 0. The van der Waals surface area contributed by atoms with Gasteiger partial charge >= 0.3 is 0 Å². The molecular formula is C8H12N4. The molecule has 0 aromatic carbocycles. The van der Waals surface area contributed by atoms with Crippen molar-refractivity contribution in [1.82, 2.24) is 19.5 Å². The Hall–Kier alpha value is -1.58. The SMILES string of the molecule is Cc1ncc[nH]1.Cn1ccnc1. The van der Waals surface area contributed by atoms with Crippen molar-refractivity contribution in [3.8, 4) is 0 Å². The molecule has 1 N–H and O–H groups in total. The van der Waals surface area contributed by atoms with Crippen LogP contribution in [0.3, 0.4) is 0 Å². The molecule has 0 bridgehead atoms. The van der Waals surface area contributed by atoms with Crippen molar-refractivity contribution in [2.45, 2.75) is 6.92 Å². The van der Waals surface area contributed by atoms with Crippen LogP contribution in [0.1, 0.15) is 5.82 Å². The molecule has 0 unspecified atom stereocenters. The second-order valence-electron chi connectivity index (χ2n) is 2.40. The number of aromatic nitrogens is 4. The van der Waals surface area contributed by atoms with Crippen molar-refractivity contribution >= 4 is 0 Å². The van der Waals surface area contributed by atoms with E-state index in [1.54, 1.807) is 24.9 Å². The van der Waals surface area contributed by atoms with Gasteiger partial charge in [-0.25, -0.2) is 9.97 Å². The van der Waals surface area contributed by atoms with Gasteiger partial charge in [-0.1, -0.05) is 0 Å². The summed E-state index contributed by atoms with van der Waals surface area (Å²) in [5.41, 5.74) is 0. The van der Waals surface area contributed by atoms with E-state index in [0.29, 0.717) is 0 Å². The van der Waals surface area contributed by atoms with E-state index in [4.69, 9.17) is 0 Å². The fourth-order valence-electron chi connectivity index (χ4n) is 0.670. The first-order valence-corrected chi connectivity index (χ1v) is 3.67. The van der Waals surface area contributed by atoms with Gasteiger partial charge in [0.2, 0.25) is 0 Å². The van der Waals surface area contributed by atoms with Crippen LogP contribution in [0.2, 0.25) is 0 Å². The Morgan fingerprint density at radius 1 is 1.42 bits per heavy atom. The largest absolute Gasteiger partial charge is 0.349 e. The highest BCUT2D eigenvalue weighted by molar-refractivity contribution is 4.80. The van der Waals surface area contributed by atoms with Gasteiger partial charge in [-0.05, 0) is 6.92 Å². The first kappa shape index (κ1) is 8.52. The molecule has 12 heavy (non-hydrogen) atoms. The maximum Gasteiger partial charge on any atom is 0.102 e. The quantitative estimate of drug-likeness (QED) is 0.634. The molecule has 2 rings (SSSR count). The second-order valence-corrected chi connectivity index (χ2v) is 2.40. The third-order valence-corrected chi connectivity index (χ3v) is 1.27. The van der Waals surface area contributed by atoms with E-state index < -0.39 is 0 Å². The van der Waals surface area contributed by atoms with E-state index in [1.165, 1.54) is 0 Å². The Kier molecular flexibility index (Phi) is 3.07. The lowest BCUT2D eigenvalue weighted by atomic mass is 10.8. The Bertz CT molecular complexity index is 250. The fourth-order valence-corrected chi connectivity index (χ4v) is 0.670.